The number of piperidine rings is 1. The van der Waals surface area contributed by atoms with Crippen molar-refractivity contribution in [3.05, 3.63) is 35.4 Å². The van der Waals surface area contributed by atoms with Crippen LogP contribution in [0.3, 0.4) is 0 Å². The Morgan fingerprint density at radius 2 is 1.77 bits per heavy atom. The van der Waals surface area contributed by atoms with E-state index in [-0.39, 0.29) is 18.1 Å². The first kappa shape index (κ1) is 23.5. The Morgan fingerprint density at radius 1 is 1.13 bits per heavy atom. The predicted molar refractivity (Wildman–Crippen MR) is 125 cm³/mol. The van der Waals surface area contributed by atoms with Crippen molar-refractivity contribution < 1.29 is 9.53 Å². The lowest BCUT2D eigenvalue weighted by Gasteiger charge is -2.36. The number of hydrogen-bond acceptors (Lipinski definition) is 4. The van der Waals surface area contributed by atoms with E-state index in [9.17, 15) is 4.79 Å². The third-order valence-corrected chi connectivity index (χ3v) is 6.32. The number of ether oxygens (including phenoxy) is 1. The summed E-state index contributed by atoms with van der Waals surface area (Å²) in [6, 6.07) is 8.67. The molecule has 0 saturated carbocycles. The fourth-order valence-corrected chi connectivity index (χ4v) is 4.76. The number of nitrogens with zero attached hydrogens (tertiary/aromatic N) is 3. The van der Waals surface area contributed by atoms with Crippen LogP contribution < -0.4 is 10.6 Å². The quantitative estimate of drug-likeness (QED) is 0.536. The number of rotatable bonds is 6. The van der Waals surface area contributed by atoms with Gasteiger partial charge < -0.3 is 20.3 Å². The Balaban J connectivity index is 1.54. The normalized spacial score (nSPS) is 23.6. The zero-order chi connectivity index (χ0) is 22.2. The van der Waals surface area contributed by atoms with E-state index in [4.69, 9.17) is 4.74 Å². The van der Waals surface area contributed by atoms with Crippen molar-refractivity contribution in [3.63, 3.8) is 0 Å². The minimum absolute atomic E-state index is 0.140. The summed E-state index contributed by atoms with van der Waals surface area (Å²) in [6.45, 7) is 9.82. The number of benzene rings is 1. The molecule has 0 spiro atoms. The first-order valence-electron chi connectivity index (χ1n) is 11.6. The molecule has 0 bridgehead atoms. The molecule has 1 aromatic rings. The Hall–Kier alpha value is -2.12. The summed E-state index contributed by atoms with van der Waals surface area (Å²) in [7, 11) is 3.56. The third-order valence-electron chi connectivity index (χ3n) is 6.32. The molecule has 0 aromatic heterocycles. The van der Waals surface area contributed by atoms with Gasteiger partial charge in [0.2, 0.25) is 5.91 Å². The summed E-state index contributed by atoms with van der Waals surface area (Å²) < 4.78 is 5.88. The molecular weight excluding hydrogens is 390 g/mol. The Bertz CT molecular complexity index is 735. The van der Waals surface area contributed by atoms with E-state index >= 15 is 0 Å². The molecule has 2 atom stereocenters. The highest BCUT2D eigenvalue weighted by Gasteiger charge is 2.24. The Labute approximate surface area is 187 Å². The number of hydrogen-bond donors (Lipinski definition) is 2. The van der Waals surface area contributed by atoms with Crippen molar-refractivity contribution >= 4 is 11.9 Å². The number of carbonyl (C=O) groups is 1. The topological polar surface area (TPSA) is 69.2 Å². The van der Waals surface area contributed by atoms with Crippen LogP contribution >= 0.6 is 0 Å². The fourth-order valence-electron chi connectivity index (χ4n) is 4.76. The van der Waals surface area contributed by atoms with Crippen LogP contribution in [0.1, 0.15) is 44.2 Å². The van der Waals surface area contributed by atoms with Gasteiger partial charge in [0, 0.05) is 59.8 Å². The number of morpholine rings is 1. The van der Waals surface area contributed by atoms with Crippen LogP contribution in [0.15, 0.2) is 29.3 Å². The van der Waals surface area contributed by atoms with E-state index in [1.165, 1.54) is 11.1 Å². The first-order valence-corrected chi connectivity index (χ1v) is 11.6. The van der Waals surface area contributed by atoms with Crippen LogP contribution in [0.4, 0.5) is 0 Å². The summed E-state index contributed by atoms with van der Waals surface area (Å²) in [6.07, 6.45) is 3.23. The van der Waals surface area contributed by atoms with Gasteiger partial charge >= 0.3 is 0 Å². The minimum Gasteiger partial charge on any atom is -0.373 e. The molecule has 0 aliphatic carbocycles. The van der Waals surface area contributed by atoms with Crippen LogP contribution in [-0.4, -0.2) is 74.1 Å². The number of carbonyl (C=O) groups excluding carboxylic acids is 1. The zero-order valence-electron chi connectivity index (χ0n) is 19.6. The van der Waals surface area contributed by atoms with Crippen molar-refractivity contribution in [2.75, 3.05) is 40.3 Å². The van der Waals surface area contributed by atoms with Gasteiger partial charge in [-0.2, -0.15) is 0 Å². The highest BCUT2D eigenvalue weighted by molar-refractivity contribution is 5.80. The van der Waals surface area contributed by atoms with Gasteiger partial charge in [0.25, 0.3) is 0 Å². The molecule has 1 aromatic carbocycles. The lowest BCUT2D eigenvalue weighted by Crippen LogP contribution is -2.46. The van der Waals surface area contributed by atoms with Crippen molar-refractivity contribution in [2.45, 2.75) is 58.4 Å². The highest BCUT2D eigenvalue weighted by atomic mass is 16.5. The van der Waals surface area contributed by atoms with Gasteiger partial charge in [-0.15, -0.1) is 0 Å². The van der Waals surface area contributed by atoms with E-state index in [1.54, 1.807) is 7.05 Å². The molecule has 7 heteroatoms. The number of guanidine groups is 1. The second-order valence-corrected chi connectivity index (χ2v) is 8.93. The maximum absolute atomic E-state index is 11.7. The van der Waals surface area contributed by atoms with Gasteiger partial charge in [0.15, 0.2) is 5.96 Å². The summed E-state index contributed by atoms with van der Waals surface area (Å²) in [5.41, 5.74) is 2.67. The summed E-state index contributed by atoms with van der Waals surface area (Å²) >= 11 is 0. The highest BCUT2D eigenvalue weighted by Crippen LogP contribution is 2.21. The Morgan fingerprint density at radius 3 is 2.39 bits per heavy atom. The molecule has 2 fully saturated rings. The summed E-state index contributed by atoms with van der Waals surface area (Å²) in [5, 5.41) is 6.31. The van der Waals surface area contributed by atoms with E-state index in [0.717, 1.165) is 58.1 Å². The van der Waals surface area contributed by atoms with Gasteiger partial charge in [-0.1, -0.05) is 24.3 Å². The molecule has 2 aliphatic rings. The van der Waals surface area contributed by atoms with Gasteiger partial charge in [0.1, 0.15) is 0 Å². The van der Waals surface area contributed by atoms with Crippen LogP contribution in [0, 0.1) is 5.92 Å². The molecule has 2 unspecified atom stereocenters. The van der Waals surface area contributed by atoms with Gasteiger partial charge in [-0.3, -0.25) is 14.7 Å². The standard InChI is InChI=1S/C24H39N5O2/c1-18-15-28(16-19(2)31-18)17-22-8-6-5-7-21(22)14-27-24(26-4)29-11-9-20(10-12-29)13-23(30)25-3/h5-8,18-20H,9-17H2,1-4H3,(H,25,30)(H,26,27). The van der Waals surface area contributed by atoms with Crippen molar-refractivity contribution in [3.8, 4) is 0 Å². The zero-order valence-corrected chi connectivity index (χ0v) is 19.6. The summed E-state index contributed by atoms with van der Waals surface area (Å²) in [5.74, 6) is 1.55. The number of aliphatic imine (C=N–C) groups is 1. The summed E-state index contributed by atoms with van der Waals surface area (Å²) in [4.78, 5) is 21.0. The molecule has 2 N–H and O–H groups in total. The van der Waals surface area contributed by atoms with E-state index in [2.05, 4.69) is 63.5 Å². The van der Waals surface area contributed by atoms with E-state index in [0.29, 0.717) is 12.3 Å². The predicted octanol–water partition coefficient (Wildman–Crippen LogP) is 2.22. The monoisotopic (exact) mass is 429 g/mol. The number of amides is 1. The van der Waals surface area contributed by atoms with Gasteiger partial charge in [0.05, 0.1) is 12.2 Å². The van der Waals surface area contributed by atoms with Crippen LogP contribution in [0.25, 0.3) is 0 Å². The molecule has 7 nitrogen and oxygen atoms in total. The van der Waals surface area contributed by atoms with Crippen LogP contribution in [0.5, 0.6) is 0 Å². The van der Waals surface area contributed by atoms with Gasteiger partial charge in [-0.05, 0) is 43.7 Å². The second-order valence-electron chi connectivity index (χ2n) is 8.93. The van der Waals surface area contributed by atoms with Crippen molar-refractivity contribution in [2.24, 2.45) is 10.9 Å². The molecular formula is C24H39N5O2. The number of likely N-dealkylation sites (tertiary alicyclic amines) is 1. The molecule has 2 heterocycles. The van der Waals surface area contributed by atoms with Crippen molar-refractivity contribution in [1.29, 1.82) is 0 Å². The average molecular weight is 430 g/mol. The second kappa shape index (κ2) is 11.5. The third kappa shape index (κ3) is 6.94. The lowest BCUT2D eigenvalue weighted by molar-refractivity contribution is -0.121. The average Bonchev–Trinajstić information content (AvgIpc) is 2.75. The van der Waals surface area contributed by atoms with E-state index < -0.39 is 0 Å². The SMILES string of the molecule is CN=C(NCc1ccccc1CN1CC(C)OC(C)C1)N1CCC(CC(=O)NC)CC1. The molecule has 1 amide bonds. The first-order chi connectivity index (χ1) is 15.0. The largest absolute Gasteiger partial charge is 0.373 e. The maximum Gasteiger partial charge on any atom is 0.220 e. The molecule has 3 rings (SSSR count). The molecule has 0 radical (unpaired) electrons. The van der Waals surface area contributed by atoms with Crippen LogP contribution in [0.2, 0.25) is 0 Å². The number of nitrogens with one attached hydrogen (secondary N) is 2. The van der Waals surface area contributed by atoms with Crippen molar-refractivity contribution in [1.82, 2.24) is 20.4 Å². The lowest BCUT2D eigenvalue weighted by atomic mass is 9.93. The van der Waals surface area contributed by atoms with E-state index in [1.807, 2.05) is 7.05 Å². The minimum atomic E-state index is 0.140. The molecule has 2 saturated heterocycles. The smallest absolute Gasteiger partial charge is 0.220 e. The molecule has 2 aliphatic heterocycles. The Kier molecular flexibility index (Phi) is 8.72. The fraction of sp³-hybridized carbons (Fsp3) is 0.667. The molecule has 172 valence electrons. The van der Waals surface area contributed by atoms with Gasteiger partial charge in [-0.25, -0.2) is 0 Å². The molecule has 31 heavy (non-hydrogen) atoms. The maximum atomic E-state index is 11.7. The van der Waals surface area contributed by atoms with Crippen LogP contribution in [-0.2, 0) is 22.6 Å².